The molecule has 4 aliphatic carbocycles. The first-order chi connectivity index (χ1) is 19.8. The lowest BCUT2D eigenvalue weighted by Gasteiger charge is -2.57. The highest BCUT2D eigenvalue weighted by atomic mass is 16.7. The molecule has 4 rings (SSSR count). The van der Waals surface area contributed by atoms with Gasteiger partial charge in [0, 0.05) is 25.4 Å². The van der Waals surface area contributed by atoms with E-state index in [1.54, 1.807) is 27.0 Å². The first kappa shape index (κ1) is 32.3. The second kappa shape index (κ2) is 12.5. The Morgan fingerprint density at radius 2 is 1.69 bits per heavy atom. The first-order valence-corrected chi connectivity index (χ1v) is 15.1. The molecular weight excluding hydrogens is 540 g/mol. The molecule has 9 heteroatoms. The van der Waals surface area contributed by atoms with E-state index in [-0.39, 0.29) is 29.8 Å². The third-order valence-corrected chi connectivity index (χ3v) is 10.8. The van der Waals surface area contributed by atoms with Crippen LogP contribution in [0.2, 0.25) is 0 Å². The van der Waals surface area contributed by atoms with Crippen LogP contribution in [0.25, 0.3) is 0 Å². The minimum absolute atomic E-state index is 0.0698. The van der Waals surface area contributed by atoms with Crippen molar-refractivity contribution < 1.29 is 42.8 Å². The summed E-state index contributed by atoms with van der Waals surface area (Å²) >= 11 is 0. The highest BCUT2D eigenvalue weighted by Gasteiger charge is 2.60. The summed E-state index contributed by atoms with van der Waals surface area (Å²) in [5.41, 5.74) is 1.26. The lowest BCUT2D eigenvalue weighted by molar-refractivity contribution is -0.150. The fraction of sp³-hybridized carbons (Fsp3) is 0.727. The molecule has 0 saturated heterocycles. The van der Waals surface area contributed by atoms with Gasteiger partial charge >= 0.3 is 12.3 Å². The fourth-order valence-electron chi connectivity index (χ4n) is 8.37. The second-order valence-electron chi connectivity index (χ2n) is 13.3. The van der Waals surface area contributed by atoms with Gasteiger partial charge in [0.1, 0.15) is 24.6 Å². The van der Waals surface area contributed by atoms with Crippen molar-refractivity contribution in [1.29, 1.82) is 0 Å². The van der Waals surface area contributed by atoms with Crippen molar-refractivity contribution in [1.82, 2.24) is 0 Å². The van der Waals surface area contributed by atoms with Gasteiger partial charge in [0.2, 0.25) is 0 Å². The summed E-state index contributed by atoms with van der Waals surface area (Å²) in [6, 6.07) is 0. The van der Waals surface area contributed by atoms with Crippen molar-refractivity contribution in [2.75, 3.05) is 28.1 Å². The summed E-state index contributed by atoms with van der Waals surface area (Å²) in [5, 5.41) is 0. The van der Waals surface area contributed by atoms with E-state index in [0.717, 1.165) is 31.3 Å². The molecule has 0 amide bonds. The minimum atomic E-state index is -0.942. The van der Waals surface area contributed by atoms with Gasteiger partial charge < -0.3 is 28.4 Å². The Bertz CT molecular complexity index is 1140. The molecule has 0 spiro atoms. The zero-order chi connectivity index (χ0) is 30.9. The molecule has 0 aromatic heterocycles. The summed E-state index contributed by atoms with van der Waals surface area (Å²) in [6.45, 7) is 10.4. The van der Waals surface area contributed by atoms with Crippen molar-refractivity contribution in [3.05, 3.63) is 35.5 Å². The molecule has 0 bridgehead atoms. The van der Waals surface area contributed by atoms with E-state index in [2.05, 4.69) is 39.0 Å². The standard InChI is InChI=1S/C33H48O9/c1-20(9-14-27(34)31(2,3)40-19-37-6)24-12-13-25-23-11-10-21-17-22(41-29(35)38-7)18-28(42-30(36)39-8)33(21,5)26(23)15-16-32(24,25)4/h9-11,14,20,22,24-26,28H,12-13,15-19H2,1-8H3/b14-9-/t20-,22-,24-,25+,26+,28+,32-,33+/m1/s1. The molecule has 3 saturated carbocycles. The molecule has 0 N–H and O–H groups in total. The zero-order valence-corrected chi connectivity index (χ0v) is 26.4. The number of fused-ring (bicyclic) bond motifs is 5. The SMILES string of the molecule is COCOC(C)(C)C(=O)/C=C\[C@@H](C)[C@H]1CC[C@H]2C3=CC=C4C[C@@H](OC(=O)OC)C[C@H](OC(=O)OC)[C@]4(C)[C@H]3CC[C@]12C. The van der Waals surface area contributed by atoms with Crippen LogP contribution >= 0.6 is 0 Å². The van der Waals surface area contributed by atoms with Crippen LogP contribution in [0.4, 0.5) is 9.59 Å². The van der Waals surface area contributed by atoms with Gasteiger partial charge in [-0.15, -0.1) is 0 Å². The summed E-state index contributed by atoms with van der Waals surface area (Å²) < 4.78 is 31.6. The van der Waals surface area contributed by atoms with Gasteiger partial charge in [0.25, 0.3) is 0 Å². The van der Waals surface area contributed by atoms with Gasteiger partial charge in [0.05, 0.1) is 14.2 Å². The highest BCUT2D eigenvalue weighted by molar-refractivity contribution is 5.96. The van der Waals surface area contributed by atoms with E-state index in [1.807, 2.05) is 0 Å². The third kappa shape index (κ3) is 5.91. The number of allylic oxidation sites excluding steroid dienone is 4. The van der Waals surface area contributed by atoms with E-state index >= 15 is 0 Å². The average Bonchev–Trinajstić information content (AvgIpc) is 3.32. The fourth-order valence-corrected chi connectivity index (χ4v) is 8.37. The van der Waals surface area contributed by atoms with E-state index in [0.29, 0.717) is 24.7 Å². The summed E-state index contributed by atoms with van der Waals surface area (Å²) in [4.78, 5) is 37.1. The number of ketones is 1. The summed E-state index contributed by atoms with van der Waals surface area (Å²) in [6.07, 6.45) is 10.8. The normalized spacial score (nSPS) is 34.7. The summed E-state index contributed by atoms with van der Waals surface area (Å²) in [7, 11) is 4.13. The molecule has 234 valence electrons. The maximum Gasteiger partial charge on any atom is 0.508 e. The molecule has 0 heterocycles. The van der Waals surface area contributed by atoms with E-state index < -0.39 is 35.5 Å². The van der Waals surface area contributed by atoms with Crippen LogP contribution in [0.1, 0.15) is 73.1 Å². The minimum Gasteiger partial charge on any atom is -0.438 e. The molecule has 3 fully saturated rings. The van der Waals surface area contributed by atoms with Gasteiger partial charge in [-0.25, -0.2) is 9.59 Å². The molecule has 0 aromatic rings. The molecule has 42 heavy (non-hydrogen) atoms. The first-order valence-electron chi connectivity index (χ1n) is 15.1. The number of rotatable bonds is 9. The number of carbonyl (C=O) groups excluding carboxylic acids is 3. The predicted molar refractivity (Wildman–Crippen MR) is 155 cm³/mol. The van der Waals surface area contributed by atoms with E-state index in [9.17, 15) is 14.4 Å². The molecule has 0 aliphatic heterocycles. The molecule has 0 unspecified atom stereocenters. The predicted octanol–water partition coefficient (Wildman–Crippen LogP) is 6.56. The Kier molecular flexibility index (Phi) is 9.62. The van der Waals surface area contributed by atoms with Crippen LogP contribution in [-0.4, -0.2) is 64.0 Å². The van der Waals surface area contributed by atoms with E-state index in [4.69, 9.17) is 28.4 Å². The molecule has 8 atom stereocenters. The van der Waals surface area contributed by atoms with Crippen molar-refractivity contribution >= 4 is 18.1 Å². The van der Waals surface area contributed by atoms with Crippen LogP contribution in [0.3, 0.4) is 0 Å². The summed E-state index contributed by atoms with van der Waals surface area (Å²) in [5.74, 6) is 1.19. The van der Waals surface area contributed by atoms with Crippen molar-refractivity contribution in [3.63, 3.8) is 0 Å². The van der Waals surface area contributed by atoms with Crippen LogP contribution in [-0.2, 0) is 33.2 Å². The van der Waals surface area contributed by atoms with Gasteiger partial charge in [-0.1, -0.05) is 50.1 Å². The van der Waals surface area contributed by atoms with Crippen molar-refractivity contribution in [2.24, 2.45) is 34.5 Å². The number of hydrogen-bond donors (Lipinski definition) is 0. The van der Waals surface area contributed by atoms with E-state index in [1.165, 1.54) is 19.8 Å². The van der Waals surface area contributed by atoms with Gasteiger partial charge in [0.15, 0.2) is 5.78 Å². The second-order valence-corrected chi connectivity index (χ2v) is 13.3. The highest BCUT2D eigenvalue weighted by Crippen LogP contribution is 2.66. The Hall–Kier alpha value is -2.65. The van der Waals surface area contributed by atoms with Crippen LogP contribution < -0.4 is 0 Å². The Labute approximate surface area is 249 Å². The molecule has 0 aromatic carbocycles. The molecular formula is C33H48O9. The largest absolute Gasteiger partial charge is 0.508 e. The molecule has 4 aliphatic rings. The van der Waals surface area contributed by atoms with Crippen LogP contribution in [0, 0.1) is 34.5 Å². The maximum absolute atomic E-state index is 12.9. The van der Waals surface area contributed by atoms with Crippen molar-refractivity contribution in [2.45, 2.75) is 91.0 Å². The van der Waals surface area contributed by atoms with Crippen LogP contribution in [0.15, 0.2) is 35.5 Å². The topological polar surface area (TPSA) is 107 Å². The lowest BCUT2D eigenvalue weighted by atomic mass is 9.49. The van der Waals surface area contributed by atoms with Gasteiger partial charge in [-0.05, 0) is 74.7 Å². The number of carbonyl (C=O) groups is 3. The Balaban J connectivity index is 1.57. The number of ether oxygens (including phenoxy) is 6. The van der Waals surface area contributed by atoms with Gasteiger partial charge in [-0.3, -0.25) is 4.79 Å². The molecule has 0 radical (unpaired) electrons. The number of hydrogen-bond acceptors (Lipinski definition) is 9. The third-order valence-electron chi connectivity index (χ3n) is 10.8. The van der Waals surface area contributed by atoms with Crippen molar-refractivity contribution in [3.8, 4) is 0 Å². The lowest BCUT2D eigenvalue weighted by Crippen LogP contribution is -2.54. The Morgan fingerprint density at radius 1 is 1.00 bits per heavy atom. The smallest absolute Gasteiger partial charge is 0.438 e. The monoisotopic (exact) mass is 588 g/mol. The average molecular weight is 589 g/mol. The quantitative estimate of drug-likeness (QED) is 0.168. The van der Waals surface area contributed by atoms with Crippen LogP contribution in [0.5, 0.6) is 0 Å². The number of methoxy groups -OCH3 is 3. The Morgan fingerprint density at radius 3 is 2.36 bits per heavy atom. The zero-order valence-electron chi connectivity index (χ0n) is 26.4. The van der Waals surface area contributed by atoms with Gasteiger partial charge in [-0.2, -0.15) is 0 Å². The molecule has 9 nitrogen and oxygen atoms in total. The maximum atomic E-state index is 12.9.